The molecule has 0 heterocycles. The second-order valence-corrected chi connectivity index (χ2v) is 5.08. The van der Waals surface area contributed by atoms with Gasteiger partial charge in [0.1, 0.15) is 0 Å². The highest BCUT2D eigenvalue weighted by Gasteiger charge is 2.13. The number of para-hydroxylation sites is 1. The first-order valence-electron chi connectivity index (χ1n) is 4.18. The second-order valence-electron chi connectivity index (χ2n) is 3.06. The zero-order chi connectivity index (χ0) is 10.8. The second kappa shape index (κ2) is 5.14. The number of nitrogens with zero attached hydrogens (tertiary/aromatic N) is 1. The summed E-state index contributed by atoms with van der Waals surface area (Å²) in [5.74, 6) is 0. The fraction of sp³-hybridized carbons (Fsp3) is 0.400. The van der Waals surface area contributed by atoms with E-state index in [1.54, 1.807) is 12.1 Å². The fourth-order valence-electron chi connectivity index (χ4n) is 1.17. The standard InChI is InChI=1S/C9H14N2O2S.CH4/c1-11(14(2,12)13)9-6-4-3-5-8(9)7-10;/h3-6H,7,10H2,1-2H3;1H4. The first kappa shape index (κ1) is 13.9. The van der Waals surface area contributed by atoms with Crippen LogP contribution in [0.1, 0.15) is 13.0 Å². The quantitative estimate of drug-likeness (QED) is 0.848. The minimum absolute atomic E-state index is 0. The van der Waals surface area contributed by atoms with E-state index in [4.69, 9.17) is 5.73 Å². The fourth-order valence-corrected chi connectivity index (χ4v) is 1.70. The average Bonchev–Trinajstić information content (AvgIpc) is 2.15. The summed E-state index contributed by atoms with van der Waals surface area (Å²) in [7, 11) is -1.69. The van der Waals surface area contributed by atoms with Crippen molar-refractivity contribution in [3.8, 4) is 0 Å². The van der Waals surface area contributed by atoms with E-state index in [0.29, 0.717) is 12.2 Å². The zero-order valence-corrected chi connectivity index (χ0v) is 9.08. The van der Waals surface area contributed by atoms with E-state index >= 15 is 0 Å². The summed E-state index contributed by atoms with van der Waals surface area (Å²) in [4.78, 5) is 0. The predicted octanol–water partition coefficient (Wildman–Crippen LogP) is 1.18. The van der Waals surface area contributed by atoms with E-state index in [1.165, 1.54) is 17.6 Å². The lowest BCUT2D eigenvalue weighted by Crippen LogP contribution is -2.26. The molecular formula is C10H18N2O2S. The van der Waals surface area contributed by atoms with Crippen LogP contribution in [0.5, 0.6) is 0 Å². The molecule has 0 aliphatic carbocycles. The SMILES string of the molecule is C.CN(c1ccccc1CN)S(C)(=O)=O. The predicted molar refractivity (Wildman–Crippen MR) is 64.3 cm³/mol. The highest BCUT2D eigenvalue weighted by Crippen LogP contribution is 2.20. The highest BCUT2D eigenvalue weighted by atomic mass is 32.2. The third-order valence-corrected chi connectivity index (χ3v) is 3.24. The van der Waals surface area contributed by atoms with Crippen LogP contribution in [0.2, 0.25) is 0 Å². The maximum absolute atomic E-state index is 11.3. The maximum atomic E-state index is 11.3. The summed E-state index contributed by atoms with van der Waals surface area (Å²) in [6.07, 6.45) is 1.17. The van der Waals surface area contributed by atoms with Crippen molar-refractivity contribution in [3.63, 3.8) is 0 Å². The van der Waals surface area contributed by atoms with Gasteiger partial charge in [0.2, 0.25) is 10.0 Å². The van der Waals surface area contributed by atoms with Gasteiger partial charge in [0, 0.05) is 13.6 Å². The molecule has 0 spiro atoms. The molecule has 0 aliphatic heterocycles. The van der Waals surface area contributed by atoms with E-state index in [2.05, 4.69) is 0 Å². The van der Waals surface area contributed by atoms with Crippen molar-refractivity contribution in [2.75, 3.05) is 17.6 Å². The van der Waals surface area contributed by atoms with E-state index < -0.39 is 10.0 Å². The summed E-state index contributed by atoms with van der Waals surface area (Å²) in [6.45, 7) is 0.329. The molecule has 0 amide bonds. The van der Waals surface area contributed by atoms with Crippen LogP contribution >= 0.6 is 0 Å². The largest absolute Gasteiger partial charge is 0.326 e. The number of rotatable bonds is 3. The summed E-state index contributed by atoms with van der Waals surface area (Å²) in [6, 6.07) is 7.18. The minimum atomic E-state index is -3.21. The Kier molecular flexibility index (Phi) is 4.77. The first-order chi connectivity index (χ1) is 6.46. The maximum Gasteiger partial charge on any atom is 0.232 e. The monoisotopic (exact) mass is 230 g/mol. The summed E-state index contributed by atoms with van der Waals surface area (Å²) in [5.41, 5.74) is 6.97. The zero-order valence-electron chi connectivity index (χ0n) is 8.27. The molecule has 0 aliphatic rings. The number of hydrogen-bond acceptors (Lipinski definition) is 3. The topological polar surface area (TPSA) is 63.4 Å². The Balaban J connectivity index is 0.00000196. The Bertz CT molecular complexity index is 415. The number of nitrogens with two attached hydrogens (primary N) is 1. The van der Waals surface area contributed by atoms with Crippen molar-refractivity contribution in [2.45, 2.75) is 14.0 Å². The third-order valence-electron chi connectivity index (χ3n) is 2.05. The van der Waals surface area contributed by atoms with Crippen LogP contribution in [0.4, 0.5) is 5.69 Å². The summed E-state index contributed by atoms with van der Waals surface area (Å²) in [5, 5.41) is 0. The molecule has 4 nitrogen and oxygen atoms in total. The van der Waals surface area contributed by atoms with Crippen molar-refractivity contribution in [1.29, 1.82) is 0 Å². The van der Waals surface area contributed by atoms with Gasteiger partial charge in [-0.15, -0.1) is 0 Å². The molecule has 2 N–H and O–H groups in total. The first-order valence-corrected chi connectivity index (χ1v) is 6.03. The number of hydrogen-bond donors (Lipinski definition) is 1. The Hall–Kier alpha value is -1.07. The summed E-state index contributed by atoms with van der Waals surface area (Å²) < 4.78 is 23.8. The van der Waals surface area contributed by atoms with Gasteiger partial charge in [0.15, 0.2) is 0 Å². The van der Waals surface area contributed by atoms with E-state index in [0.717, 1.165) is 5.56 Å². The number of sulfonamides is 1. The molecule has 1 aromatic rings. The Morgan fingerprint density at radius 3 is 2.33 bits per heavy atom. The van der Waals surface area contributed by atoms with Gasteiger partial charge < -0.3 is 5.73 Å². The Morgan fingerprint density at radius 2 is 1.87 bits per heavy atom. The summed E-state index contributed by atoms with van der Waals surface area (Å²) >= 11 is 0. The Morgan fingerprint density at radius 1 is 1.33 bits per heavy atom. The molecule has 0 saturated heterocycles. The number of benzene rings is 1. The van der Waals surface area contributed by atoms with Gasteiger partial charge in [-0.2, -0.15) is 0 Å². The molecule has 0 atom stereocenters. The normalized spacial score (nSPS) is 10.6. The highest BCUT2D eigenvalue weighted by molar-refractivity contribution is 7.92. The van der Waals surface area contributed by atoms with Crippen molar-refractivity contribution < 1.29 is 8.42 Å². The molecule has 1 aromatic carbocycles. The molecule has 5 heteroatoms. The molecule has 0 radical (unpaired) electrons. The molecule has 0 fully saturated rings. The van der Waals surface area contributed by atoms with Crippen LogP contribution < -0.4 is 10.0 Å². The van der Waals surface area contributed by atoms with Crippen LogP contribution in [-0.2, 0) is 16.6 Å². The van der Waals surface area contributed by atoms with Gasteiger partial charge in [-0.25, -0.2) is 8.42 Å². The van der Waals surface area contributed by atoms with Crippen LogP contribution in [-0.4, -0.2) is 21.7 Å². The Labute approximate surface area is 91.8 Å². The third kappa shape index (κ3) is 3.21. The molecule has 0 bridgehead atoms. The smallest absolute Gasteiger partial charge is 0.232 e. The van der Waals surface area contributed by atoms with Gasteiger partial charge in [0.25, 0.3) is 0 Å². The molecule has 0 aromatic heterocycles. The van der Waals surface area contributed by atoms with Crippen molar-refractivity contribution in [2.24, 2.45) is 5.73 Å². The van der Waals surface area contributed by atoms with Gasteiger partial charge in [-0.3, -0.25) is 4.31 Å². The molecule has 0 saturated carbocycles. The molecule has 15 heavy (non-hydrogen) atoms. The molecule has 86 valence electrons. The van der Waals surface area contributed by atoms with E-state index in [9.17, 15) is 8.42 Å². The van der Waals surface area contributed by atoms with Gasteiger partial charge in [-0.1, -0.05) is 25.6 Å². The molecular weight excluding hydrogens is 212 g/mol. The van der Waals surface area contributed by atoms with Gasteiger partial charge >= 0.3 is 0 Å². The number of anilines is 1. The molecule has 1 rings (SSSR count). The van der Waals surface area contributed by atoms with Crippen LogP contribution in [0.3, 0.4) is 0 Å². The average molecular weight is 230 g/mol. The van der Waals surface area contributed by atoms with Gasteiger partial charge in [0.05, 0.1) is 11.9 Å². The van der Waals surface area contributed by atoms with Crippen LogP contribution in [0, 0.1) is 0 Å². The van der Waals surface area contributed by atoms with Crippen molar-refractivity contribution in [1.82, 2.24) is 0 Å². The van der Waals surface area contributed by atoms with E-state index in [1.807, 2.05) is 12.1 Å². The lowest BCUT2D eigenvalue weighted by molar-refractivity contribution is 0.600. The van der Waals surface area contributed by atoms with Crippen LogP contribution in [0.25, 0.3) is 0 Å². The minimum Gasteiger partial charge on any atom is -0.326 e. The van der Waals surface area contributed by atoms with E-state index in [-0.39, 0.29) is 7.43 Å². The molecule has 0 unspecified atom stereocenters. The van der Waals surface area contributed by atoms with Crippen LogP contribution in [0.15, 0.2) is 24.3 Å². The lowest BCUT2D eigenvalue weighted by atomic mass is 10.2. The van der Waals surface area contributed by atoms with Crippen molar-refractivity contribution >= 4 is 15.7 Å². The van der Waals surface area contributed by atoms with Gasteiger partial charge in [-0.05, 0) is 11.6 Å². The van der Waals surface area contributed by atoms with Crippen molar-refractivity contribution in [3.05, 3.63) is 29.8 Å². The lowest BCUT2D eigenvalue weighted by Gasteiger charge is -2.19.